The predicted molar refractivity (Wildman–Crippen MR) is 64.1 cm³/mol. The third-order valence-electron chi connectivity index (χ3n) is 2.55. The molecule has 0 aliphatic carbocycles. The van der Waals surface area contributed by atoms with Crippen LogP contribution < -0.4 is 5.73 Å². The number of halogens is 2. The number of nitrogens with zero attached hydrogens (tertiary/aromatic N) is 1. The SMILES string of the molecule is CCN(CCCO)C(=O)c1cc(F)cc(N)c1F. The number of aliphatic hydroxyl groups excluding tert-OH is 1. The molecule has 0 aliphatic heterocycles. The summed E-state index contributed by atoms with van der Waals surface area (Å²) in [6.45, 7) is 2.27. The molecule has 1 rings (SSSR count). The van der Waals surface area contributed by atoms with E-state index in [4.69, 9.17) is 10.8 Å². The zero-order chi connectivity index (χ0) is 13.7. The molecular formula is C12H16F2N2O2. The summed E-state index contributed by atoms with van der Waals surface area (Å²) in [6, 6.07) is 1.66. The third-order valence-corrected chi connectivity index (χ3v) is 2.55. The van der Waals surface area contributed by atoms with E-state index in [1.54, 1.807) is 6.92 Å². The van der Waals surface area contributed by atoms with Gasteiger partial charge in [-0.25, -0.2) is 8.78 Å². The van der Waals surface area contributed by atoms with Crippen molar-refractivity contribution in [3.8, 4) is 0 Å². The number of hydrogen-bond donors (Lipinski definition) is 2. The van der Waals surface area contributed by atoms with Gasteiger partial charge < -0.3 is 15.7 Å². The molecule has 0 saturated heterocycles. The molecular weight excluding hydrogens is 242 g/mol. The maximum atomic E-state index is 13.7. The van der Waals surface area contributed by atoms with Gasteiger partial charge in [-0.3, -0.25) is 4.79 Å². The first kappa shape index (κ1) is 14.4. The Morgan fingerprint density at radius 1 is 1.44 bits per heavy atom. The Morgan fingerprint density at radius 2 is 2.11 bits per heavy atom. The molecule has 0 aromatic heterocycles. The lowest BCUT2D eigenvalue weighted by atomic mass is 10.1. The summed E-state index contributed by atoms with van der Waals surface area (Å²) in [5, 5.41) is 8.71. The van der Waals surface area contributed by atoms with E-state index in [0.717, 1.165) is 12.1 Å². The zero-order valence-electron chi connectivity index (χ0n) is 10.1. The van der Waals surface area contributed by atoms with Gasteiger partial charge >= 0.3 is 0 Å². The van der Waals surface area contributed by atoms with E-state index >= 15 is 0 Å². The summed E-state index contributed by atoms with van der Waals surface area (Å²) in [7, 11) is 0. The largest absolute Gasteiger partial charge is 0.396 e. The zero-order valence-corrected chi connectivity index (χ0v) is 10.1. The molecule has 1 amide bonds. The van der Waals surface area contributed by atoms with Gasteiger partial charge in [0.25, 0.3) is 5.91 Å². The molecule has 0 atom stereocenters. The molecule has 0 heterocycles. The Labute approximate surface area is 104 Å². The van der Waals surface area contributed by atoms with Crippen molar-refractivity contribution < 1.29 is 18.7 Å². The van der Waals surface area contributed by atoms with Crippen molar-refractivity contribution in [2.75, 3.05) is 25.4 Å². The van der Waals surface area contributed by atoms with Crippen LogP contribution in [0.15, 0.2) is 12.1 Å². The smallest absolute Gasteiger partial charge is 0.257 e. The van der Waals surface area contributed by atoms with Gasteiger partial charge in [0.15, 0.2) is 5.82 Å². The standard InChI is InChI=1S/C12H16F2N2O2/c1-2-16(4-3-5-17)12(18)9-6-8(13)7-10(15)11(9)14/h6-7,17H,2-5,15H2,1H3. The second-order valence-corrected chi connectivity index (χ2v) is 3.82. The van der Waals surface area contributed by atoms with Crippen molar-refractivity contribution in [3.63, 3.8) is 0 Å². The third kappa shape index (κ3) is 3.16. The normalized spacial score (nSPS) is 10.4. The monoisotopic (exact) mass is 258 g/mol. The summed E-state index contributed by atoms with van der Waals surface area (Å²) >= 11 is 0. The van der Waals surface area contributed by atoms with Gasteiger partial charge in [0.1, 0.15) is 5.82 Å². The average Bonchev–Trinajstić information content (AvgIpc) is 2.34. The maximum absolute atomic E-state index is 13.7. The molecule has 3 N–H and O–H groups in total. The van der Waals surface area contributed by atoms with Crippen molar-refractivity contribution in [2.24, 2.45) is 0 Å². The average molecular weight is 258 g/mol. The van der Waals surface area contributed by atoms with E-state index in [9.17, 15) is 13.6 Å². The Bertz CT molecular complexity index is 438. The molecule has 1 aromatic carbocycles. The molecule has 0 spiro atoms. The molecule has 1 aromatic rings. The Kier molecular flexibility index (Phi) is 5.03. The number of nitrogens with two attached hydrogens (primary N) is 1. The fraction of sp³-hybridized carbons (Fsp3) is 0.417. The summed E-state index contributed by atoms with van der Waals surface area (Å²) in [5.74, 6) is -2.30. The minimum absolute atomic E-state index is 0.0719. The fourth-order valence-corrected chi connectivity index (χ4v) is 1.60. The summed E-state index contributed by atoms with van der Waals surface area (Å²) in [5.41, 5.74) is 4.50. The van der Waals surface area contributed by atoms with Crippen molar-refractivity contribution >= 4 is 11.6 Å². The number of benzene rings is 1. The van der Waals surface area contributed by atoms with E-state index in [2.05, 4.69) is 0 Å². The molecule has 18 heavy (non-hydrogen) atoms. The molecule has 0 fully saturated rings. The highest BCUT2D eigenvalue weighted by Crippen LogP contribution is 2.19. The van der Waals surface area contributed by atoms with Crippen LogP contribution in [0.25, 0.3) is 0 Å². The minimum atomic E-state index is -0.913. The van der Waals surface area contributed by atoms with Crippen molar-refractivity contribution in [1.82, 2.24) is 4.90 Å². The lowest BCUT2D eigenvalue weighted by molar-refractivity contribution is 0.0749. The molecule has 6 heteroatoms. The Balaban J connectivity index is 3.01. The van der Waals surface area contributed by atoms with Crippen LogP contribution in [-0.4, -0.2) is 35.6 Å². The lowest BCUT2D eigenvalue weighted by Gasteiger charge is -2.21. The first-order valence-corrected chi connectivity index (χ1v) is 5.65. The van der Waals surface area contributed by atoms with Crippen LogP contribution in [0.3, 0.4) is 0 Å². The van der Waals surface area contributed by atoms with Gasteiger partial charge in [0, 0.05) is 19.7 Å². The van der Waals surface area contributed by atoms with Gasteiger partial charge in [-0.05, 0) is 25.5 Å². The highest BCUT2D eigenvalue weighted by Gasteiger charge is 2.20. The highest BCUT2D eigenvalue weighted by atomic mass is 19.1. The van der Waals surface area contributed by atoms with Crippen molar-refractivity contribution in [2.45, 2.75) is 13.3 Å². The highest BCUT2D eigenvalue weighted by molar-refractivity contribution is 5.95. The number of carbonyl (C=O) groups excluding carboxylic acids is 1. The number of aliphatic hydroxyl groups is 1. The van der Waals surface area contributed by atoms with Crippen LogP contribution in [0.2, 0.25) is 0 Å². The Hall–Kier alpha value is -1.69. The van der Waals surface area contributed by atoms with Gasteiger partial charge in [0.2, 0.25) is 0 Å². The van der Waals surface area contributed by atoms with Crippen LogP contribution in [0.4, 0.5) is 14.5 Å². The van der Waals surface area contributed by atoms with Crippen LogP contribution in [-0.2, 0) is 0 Å². The van der Waals surface area contributed by atoms with Crippen LogP contribution >= 0.6 is 0 Å². The first-order chi connectivity index (χ1) is 8.51. The number of amides is 1. The molecule has 0 unspecified atom stereocenters. The van der Waals surface area contributed by atoms with Crippen molar-refractivity contribution in [3.05, 3.63) is 29.3 Å². The topological polar surface area (TPSA) is 66.6 Å². The first-order valence-electron chi connectivity index (χ1n) is 5.65. The van der Waals surface area contributed by atoms with E-state index < -0.39 is 23.2 Å². The number of anilines is 1. The van der Waals surface area contributed by atoms with Crippen LogP contribution in [0.5, 0.6) is 0 Å². The summed E-state index contributed by atoms with van der Waals surface area (Å²) < 4.78 is 26.8. The molecule has 0 saturated carbocycles. The van der Waals surface area contributed by atoms with Crippen LogP contribution in [0.1, 0.15) is 23.7 Å². The Morgan fingerprint density at radius 3 is 2.67 bits per heavy atom. The van der Waals surface area contributed by atoms with E-state index in [1.807, 2.05) is 0 Å². The van der Waals surface area contributed by atoms with Gasteiger partial charge in [-0.15, -0.1) is 0 Å². The van der Waals surface area contributed by atoms with E-state index in [1.165, 1.54) is 4.90 Å². The maximum Gasteiger partial charge on any atom is 0.257 e. The molecule has 0 aliphatic rings. The number of carbonyl (C=O) groups is 1. The fourth-order valence-electron chi connectivity index (χ4n) is 1.60. The minimum Gasteiger partial charge on any atom is -0.396 e. The molecule has 4 nitrogen and oxygen atoms in total. The van der Waals surface area contributed by atoms with Gasteiger partial charge in [0.05, 0.1) is 11.3 Å². The lowest BCUT2D eigenvalue weighted by Crippen LogP contribution is -2.33. The quantitative estimate of drug-likeness (QED) is 0.784. The predicted octanol–water partition coefficient (Wildman–Crippen LogP) is 1.39. The van der Waals surface area contributed by atoms with E-state index in [0.29, 0.717) is 13.0 Å². The molecule has 0 bridgehead atoms. The molecule has 0 radical (unpaired) electrons. The number of hydrogen-bond acceptors (Lipinski definition) is 3. The second-order valence-electron chi connectivity index (χ2n) is 3.82. The van der Waals surface area contributed by atoms with Gasteiger partial charge in [-0.2, -0.15) is 0 Å². The summed E-state index contributed by atoms with van der Waals surface area (Å²) in [4.78, 5) is 13.3. The number of rotatable bonds is 5. The number of nitrogen functional groups attached to an aromatic ring is 1. The second kappa shape index (κ2) is 6.30. The van der Waals surface area contributed by atoms with Crippen LogP contribution in [0, 0.1) is 11.6 Å². The van der Waals surface area contributed by atoms with E-state index in [-0.39, 0.29) is 18.7 Å². The van der Waals surface area contributed by atoms with Crippen molar-refractivity contribution in [1.29, 1.82) is 0 Å². The molecule has 100 valence electrons. The van der Waals surface area contributed by atoms with Gasteiger partial charge in [-0.1, -0.05) is 0 Å². The summed E-state index contributed by atoms with van der Waals surface area (Å²) in [6.07, 6.45) is 0.381.